The van der Waals surface area contributed by atoms with Crippen molar-refractivity contribution in [3.8, 4) is 0 Å². The van der Waals surface area contributed by atoms with Crippen molar-refractivity contribution in [3.05, 3.63) is 28.2 Å². The molecule has 0 bridgehead atoms. The summed E-state index contributed by atoms with van der Waals surface area (Å²) in [5, 5.41) is 3.18. The number of hydrogen-bond acceptors (Lipinski definition) is 5. The van der Waals surface area contributed by atoms with Gasteiger partial charge in [0.2, 0.25) is 10.0 Å². The predicted molar refractivity (Wildman–Crippen MR) is 88.9 cm³/mol. The number of carbonyl (C=O) groups excluding carboxylic acids is 1. The average Bonchev–Trinajstić information content (AvgIpc) is 2.46. The Kier molecular flexibility index (Phi) is 7.27. The smallest absolute Gasteiger partial charge is 0.337 e. The molecule has 0 atom stereocenters. The minimum absolute atomic E-state index is 0. The Labute approximate surface area is 144 Å². The van der Waals surface area contributed by atoms with E-state index in [4.69, 9.17) is 0 Å². The number of ether oxygens (including phenoxy) is 1. The normalized spacial score (nSPS) is 15.9. The molecular weight excluding hydrogens is 396 g/mol. The fourth-order valence-corrected chi connectivity index (χ4v) is 4.57. The maximum atomic E-state index is 12.4. The molecule has 0 aliphatic carbocycles. The zero-order valence-corrected chi connectivity index (χ0v) is 15.2. The summed E-state index contributed by atoms with van der Waals surface area (Å²) in [5.41, 5.74) is 0.296. The Hall–Kier alpha value is -0.670. The molecule has 9 heteroatoms. The van der Waals surface area contributed by atoms with Crippen LogP contribution in [0.1, 0.15) is 23.2 Å². The van der Waals surface area contributed by atoms with Gasteiger partial charge in [0.05, 0.1) is 17.6 Å². The van der Waals surface area contributed by atoms with E-state index in [2.05, 4.69) is 30.7 Å². The Bertz CT molecular complexity index is 633. The van der Waals surface area contributed by atoms with Crippen LogP contribution >= 0.6 is 28.3 Å². The topological polar surface area (TPSA) is 84.5 Å². The number of carbonyl (C=O) groups is 1. The number of nitrogens with one attached hydrogen (secondary N) is 2. The van der Waals surface area contributed by atoms with Crippen LogP contribution in [0.25, 0.3) is 0 Å². The molecule has 1 aromatic carbocycles. The minimum atomic E-state index is -3.62. The number of piperidine rings is 1. The first-order valence-electron chi connectivity index (χ1n) is 6.55. The zero-order chi connectivity index (χ0) is 15.5. The van der Waals surface area contributed by atoms with Crippen molar-refractivity contribution in [2.45, 2.75) is 23.8 Å². The standard InChI is InChI=1S/C13H17BrN2O4S.ClH/c1-20-13(17)9-2-3-12(11(14)8-9)21(18,19)16-10-4-6-15-7-5-10;/h2-3,8,10,15-16H,4-7H2,1H3;1H. The molecule has 124 valence electrons. The molecule has 1 aromatic rings. The van der Waals surface area contributed by atoms with Crippen LogP contribution in [0.15, 0.2) is 27.6 Å². The largest absolute Gasteiger partial charge is 0.465 e. The first-order chi connectivity index (χ1) is 9.94. The van der Waals surface area contributed by atoms with Crippen molar-refractivity contribution in [2.24, 2.45) is 0 Å². The van der Waals surface area contributed by atoms with E-state index in [1.54, 1.807) is 0 Å². The fraction of sp³-hybridized carbons (Fsp3) is 0.462. The lowest BCUT2D eigenvalue weighted by molar-refractivity contribution is 0.0600. The third kappa shape index (κ3) is 4.66. The Morgan fingerprint density at radius 3 is 2.55 bits per heavy atom. The number of esters is 1. The third-order valence-corrected chi connectivity index (χ3v) is 5.80. The number of sulfonamides is 1. The predicted octanol–water partition coefficient (Wildman–Crippen LogP) is 1.69. The maximum Gasteiger partial charge on any atom is 0.337 e. The van der Waals surface area contributed by atoms with Gasteiger partial charge in [0.1, 0.15) is 0 Å². The number of methoxy groups -OCH3 is 1. The maximum absolute atomic E-state index is 12.4. The minimum Gasteiger partial charge on any atom is -0.465 e. The summed E-state index contributed by atoms with van der Waals surface area (Å²) in [6.07, 6.45) is 1.52. The summed E-state index contributed by atoms with van der Waals surface area (Å²) < 4.78 is 32.4. The highest BCUT2D eigenvalue weighted by Crippen LogP contribution is 2.24. The SMILES string of the molecule is COC(=O)c1ccc(S(=O)(=O)NC2CCNCC2)c(Br)c1.Cl. The lowest BCUT2D eigenvalue weighted by Gasteiger charge is -2.23. The number of rotatable bonds is 4. The van der Waals surface area contributed by atoms with Crippen LogP contribution in [-0.2, 0) is 14.8 Å². The first kappa shape index (κ1) is 19.4. The van der Waals surface area contributed by atoms with Crippen molar-refractivity contribution in [2.75, 3.05) is 20.2 Å². The van der Waals surface area contributed by atoms with E-state index >= 15 is 0 Å². The Morgan fingerprint density at radius 1 is 1.36 bits per heavy atom. The molecule has 0 unspecified atom stereocenters. The van der Waals surface area contributed by atoms with Gasteiger partial charge >= 0.3 is 5.97 Å². The quantitative estimate of drug-likeness (QED) is 0.734. The van der Waals surface area contributed by atoms with Crippen LogP contribution in [0.5, 0.6) is 0 Å². The molecular formula is C13H18BrClN2O4S. The molecule has 0 amide bonds. The molecule has 1 heterocycles. The van der Waals surface area contributed by atoms with E-state index in [9.17, 15) is 13.2 Å². The monoisotopic (exact) mass is 412 g/mol. The summed E-state index contributed by atoms with van der Waals surface area (Å²) in [6, 6.07) is 4.22. The van der Waals surface area contributed by atoms with Gasteiger partial charge in [-0.2, -0.15) is 0 Å². The van der Waals surface area contributed by atoms with Crippen LogP contribution in [0.2, 0.25) is 0 Å². The van der Waals surface area contributed by atoms with E-state index in [-0.39, 0.29) is 23.3 Å². The molecule has 1 saturated heterocycles. The van der Waals surface area contributed by atoms with Gasteiger partial charge in [0, 0.05) is 10.5 Å². The third-order valence-electron chi connectivity index (χ3n) is 3.30. The van der Waals surface area contributed by atoms with Crippen molar-refractivity contribution < 1.29 is 17.9 Å². The summed E-state index contributed by atoms with van der Waals surface area (Å²) in [7, 11) is -2.34. The second-order valence-electron chi connectivity index (χ2n) is 4.78. The summed E-state index contributed by atoms with van der Waals surface area (Å²) in [4.78, 5) is 11.5. The zero-order valence-electron chi connectivity index (χ0n) is 12.0. The molecule has 2 rings (SSSR count). The van der Waals surface area contributed by atoms with Gasteiger partial charge in [-0.1, -0.05) is 0 Å². The summed E-state index contributed by atoms with van der Waals surface area (Å²) in [5.74, 6) is -0.508. The second-order valence-corrected chi connectivity index (χ2v) is 7.32. The van der Waals surface area contributed by atoms with Gasteiger partial charge in [-0.25, -0.2) is 17.9 Å². The van der Waals surface area contributed by atoms with Crippen LogP contribution in [0.3, 0.4) is 0 Å². The van der Waals surface area contributed by atoms with E-state index in [1.165, 1.54) is 25.3 Å². The van der Waals surface area contributed by atoms with Crippen molar-refractivity contribution >= 4 is 44.3 Å². The van der Waals surface area contributed by atoms with Crippen LogP contribution in [-0.4, -0.2) is 40.6 Å². The first-order valence-corrected chi connectivity index (χ1v) is 8.82. The van der Waals surface area contributed by atoms with Crippen molar-refractivity contribution in [3.63, 3.8) is 0 Å². The summed E-state index contributed by atoms with van der Waals surface area (Å²) >= 11 is 3.21. The van der Waals surface area contributed by atoms with Crippen LogP contribution < -0.4 is 10.0 Å². The Morgan fingerprint density at radius 2 is 2.00 bits per heavy atom. The van der Waals surface area contributed by atoms with Crippen molar-refractivity contribution in [1.82, 2.24) is 10.0 Å². The highest BCUT2D eigenvalue weighted by molar-refractivity contribution is 9.10. The molecule has 1 fully saturated rings. The van der Waals surface area contributed by atoms with Gasteiger partial charge in [-0.05, 0) is 60.1 Å². The van der Waals surface area contributed by atoms with E-state index in [1.807, 2.05) is 0 Å². The van der Waals surface area contributed by atoms with E-state index in [0.29, 0.717) is 10.0 Å². The van der Waals surface area contributed by atoms with E-state index in [0.717, 1.165) is 25.9 Å². The highest BCUT2D eigenvalue weighted by Gasteiger charge is 2.24. The molecule has 0 spiro atoms. The highest BCUT2D eigenvalue weighted by atomic mass is 79.9. The summed E-state index contributed by atoms with van der Waals surface area (Å²) in [6.45, 7) is 1.60. The molecule has 1 aliphatic rings. The number of benzene rings is 1. The molecule has 6 nitrogen and oxygen atoms in total. The van der Waals surface area contributed by atoms with E-state index < -0.39 is 16.0 Å². The molecule has 0 radical (unpaired) electrons. The van der Waals surface area contributed by atoms with Gasteiger partial charge in [0.25, 0.3) is 0 Å². The van der Waals surface area contributed by atoms with Gasteiger partial charge < -0.3 is 10.1 Å². The molecule has 1 aliphatic heterocycles. The lowest BCUT2D eigenvalue weighted by atomic mass is 10.1. The van der Waals surface area contributed by atoms with Crippen LogP contribution in [0, 0.1) is 0 Å². The molecule has 22 heavy (non-hydrogen) atoms. The van der Waals surface area contributed by atoms with Gasteiger partial charge in [-0.15, -0.1) is 12.4 Å². The number of halogens is 2. The number of hydrogen-bond donors (Lipinski definition) is 2. The van der Waals surface area contributed by atoms with Gasteiger partial charge in [-0.3, -0.25) is 0 Å². The van der Waals surface area contributed by atoms with Crippen molar-refractivity contribution in [1.29, 1.82) is 0 Å². The molecule has 2 N–H and O–H groups in total. The van der Waals surface area contributed by atoms with Crippen LogP contribution in [0.4, 0.5) is 0 Å². The average molecular weight is 414 g/mol. The fourth-order valence-electron chi connectivity index (χ4n) is 2.19. The van der Waals surface area contributed by atoms with Gasteiger partial charge in [0.15, 0.2) is 0 Å². The second kappa shape index (κ2) is 8.26. The lowest BCUT2D eigenvalue weighted by Crippen LogP contribution is -2.42. The Balaban J connectivity index is 0.00000242. The molecule has 0 saturated carbocycles. The molecule has 0 aromatic heterocycles.